The zero-order valence-electron chi connectivity index (χ0n) is 11.8. The number of hydrogen-bond acceptors (Lipinski definition) is 3. The third-order valence-electron chi connectivity index (χ3n) is 4.35. The van der Waals surface area contributed by atoms with Crippen LogP contribution in [0.25, 0.3) is 0 Å². The maximum Gasteiger partial charge on any atom is 0.0635 e. The second kappa shape index (κ2) is 6.46. The van der Waals surface area contributed by atoms with Crippen LogP contribution >= 0.6 is 15.9 Å². The first-order valence-electron chi connectivity index (χ1n) is 7.67. The molecule has 3 rings (SSSR count). The van der Waals surface area contributed by atoms with Crippen molar-refractivity contribution in [1.29, 1.82) is 0 Å². The van der Waals surface area contributed by atoms with Crippen LogP contribution in [-0.4, -0.2) is 30.3 Å². The van der Waals surface area contributed by atoms with E-state index in [1.165, 1.54) is 36.9 Å². The number of piperidine rings is 1. The second-order valence-electron chi connectivity index (χ2n) is 5.95. The molecule has 1 heterocycles. The number of nitrogens with zero attached hydrogens (tertiary/aromatic N) is 1. The van der Waals surface area contributed by atoms with Gasteiger partial charge in [-0.3, -0.25) is 0 Å². The average Bonchev–Trinajstić information content (AvgIpc) is 3.30. The summed E-state index contributed by atoms with van der Waals surface area (Å²) in [7, 11) is 0. The molecule has 1 atom stereocenters. The highest BCUT2D eigenvalue weighted by molar-refractivity contribution is 9.10. The summed E-state index contributed by atoms with van der Waals surface area (Å²) in [5.74, 6) is 0. The maximum absolute atomic E-state index is 9.64. The zero-order chi connectivity index (χ0) is 13.9. The lowest BCUT2D eigenvalue weighted by Gasteiger charge is -2.38. The summed E-state index contributed by atoms with van der Waals surface area (Å²) in [5.41, 5.74) is 2.63. The zero-order valence-corrected chi connectivity index (χ0v) is 13.4. The Morgan fingerprint density at radius 2 is 2.10 bits per heavy atom. The third-order valence-corrected chi connectivity index (χ3v) is 4.85. The lowest BCUT2D eigenvalue weighted by Crippen LogP contribution is -2.42. The van der Waals surface area contributed by atoms with Gasteiger partial charge < -0.3 is 15.3 Å². The lowest BCUT2D eigenvalue weighted by atomic mass is 10.00. The number of aliphatic hydroxyl groups excluding tert-OH is 1. The first-order valence-corrected chi connectivity index (χ1v) is 8.46. The Morgan fingerprint density at radius 1 is 1.25 bits per heavy atom. The van der Waals surface area contributed by atoms with Crippen LogP contribution in [-0.2, 0) is 6.54 Å². The molecule has 4 heteroatoms. The largest absolute Gasteiger partial charge is 0.394 e. The predicted octanol–water partition coefficient (Wildman–Crippen LogP) is 3.05. The van der Waals surface area contributed by atoms with E-state index in [0.29, 0.717) is 0 Å². The Morgan fingerprint density at radius 3 is 2.85 bits per heavy atom. The standard InChI is InChI=1S/C16H23BrN2O/c17-13-5-4-12(10-18-14-6-7-14)16(9-13)19-8-2-1-3-15(19)11-20/h4-5,9,14-15,18,20H,1-3,6-8,10-11H2. The quantitative estimate of drug-likeness (QED) is 0.866. The molecule has 1 aromatic rings. The molecule has 2 fully saturated rings. The number of halogens is 1. The monoisotopic (exact) mass is 338 g/mol. The van der Waals surface area contributed by atoms with Crippen molar-refractivity contribution >= 4 is 21.6 Å². The van der Waals surface area contributed by atoms with E-state index in [2.05, 4.69) is 44.3 Å². The van der Waals surface area contributed by atoms with E-state index in [1.807, 2.05) is 0 Å². The van der Waals surface area contributed by atoms with Crippen LogP contribution in [0.1, 0.15) is 37.7 Å². The molecule has 1 aliphatic carbocycles. The van der Waals surface area contributed by atoms with Crippen molar-refractivity contribution in [3.63, 3.8) is 0 Å². The summed E-state index contributed by atoms with van der Waals surface area (Å²) in [5, 5.41) is 13.2. The molecule has 1 unspecified atom stereocenters. The highest BCUT2D eigenvalue weighted by Gasteiger charge is 2.25. The van der Waals surface area contributed by atoms with Gasteiger partial charge in [0.2, 0.25) is 0 Å². The highest BCUT2D eigenvalue weighted by Crippen LogP contribution is 2.31. The molecule has 2 aliphatic rings. The van der Waals surface area contributed by atoms with Crippen molar-refractivity contribution in [3.8, 4) is 0 Å². The van der Waals surface area contributed by atoms with E-state index >= 15 is 0 Å². The summed E-state index contributed by atoms with van der Waals surface area (Å²) < 4.78 is 1.12. The van der Waals surface area contributed by atoms with Crippen molar-refractivity contribution in [2.24, 2.45) is 0 Å². The Bertz CT molecular complexity index is 462. The number of rotatable bonds is 5. The highest BCUT2D eigenvalue weighted by atomic mass is 79.9. The normalized spacial score (nSPS) is 23.1. The SMILES string of the molecule is OCC1CCCCN1c1cc(Br)ccc1CNC1CC1. The van der Waals surface area contributed by atoms with E-state index in [0.717, 1.165) is 30.0 Å². The molecule has 0 spiro atoms. The summed E-state index contributed by atoms with van der Waals surface area (Å²) in [4.78, 5) is 2.40. The minimum absolute atomic E-state index is 0.252. The number of hydrogen-bond donors (Lipinski definition) is 2. The summed E-state index contributed by atoms with van der Waals surface area (Å²) in [6.45, 7) is 2.24. The molecule has 1 aromatic carbocycles. The van der Waals surface area contributed by atoms with Crippen LogP contribution in [0.15, 0.2) is 22.7 Å². The number of nitrogens with one attached hydrogen (secondary N) is 1. The maximum atomic E-state index is 9.64. The van der Waals surface area contributed by atoms with Gasteiger partial charge in [0.1, 0.15) is 0 Å². The topological polar surface area (TPSA) is 35.5 Å². The molecule has 110 valence electrons. The molecule has 1 saturated heterocycles. The minimum Gasteiger partial charge on any atom is -0.394 e. The van der Waals surface area contributed by atoms with Crippen molar-refractivity contribution in [1.82, 2.24) is 5.32 Å². The second-order valence-corrected chi connectivity index (χ2v) is 6.87. The van der Waals surface area contributed by atoms with E-state index in [9.17, 15) is 5.11 Å². The van der Waals surface area contributed by atoms with Crippen molar-refractivity contribution in [2.45, 2.75) is 50.7 Å². The average molecular weight is 339 g/mol. The van der Waals surface area contributed by atoms with Gasteiger partial charge in [0.25, 0.3) is 0 Å². The molecule has 0 amide bonds. The number of benzene rings is 1. The van der Waals surface area contributed by atoms with Crippen LogP contribution in [0.3, 0.4) is 0 Å². The predicted molar refractivity (Wildman–Crippen MR) is 86.1 cm³/mol. The van der Waals surface area contributed by atoms with Crippen LogP contribution in [0.4, 0.5) is 5.69 Å². The third kappa shape index (κ3) is 3.35. The van der Waals surface area contributed by atoms with Crippen LogP contribution in [0, 0.1) is 0 Å². The summed E-state index contributed by atoms with van der Waals surface area (Å²) >= 11 is 3.59. The number of anilines is 1. The van der Waals surface area contributed by atoms with Gasteiger partial charge in [0.15, 0.2) is 0 Å². The number of aliphatic hydroxyl groups is 1. The van der Waals surface area contributed by atoms with Gasteiger partial charge in [-0.2, -0.15) is 0 Å². The molecule has 1 aliphatic heterocycles. The Balaban J connectivity index is 1.82. The van der Waals surface area contributed by atoms with Gasteiger partial charge in [-0.15, -0.1) is 0 Å². The van der Waals surface area contributed by atoms with Crippen molar-refractivity contribution < 1.29 is 5.11 Å². The molecule has 0 radical (unpaired) electrons. The van der Waals surface area contributed by atoms with Gasteiger partial charge in [0, 0.05) is 29.3 Å². The molecule has 3 nitrogen and oxygen atoms in total. The van der Waals surface area contributed by atoms with Gasteiger partial charge in [-0.05, 0) is 49.8 Å². The van der Waals surface area contributed by atoms with Crippen molar-refractivity contribution in [3.05, 3.63) is 28.2 Å². The van der Waals surface area contributed by atoms with Gasteiger partial charge in [-0.1, -0.05) is 22.0 Å². The van der Waals surface area contributed by atoms with Gasteiger partial charge >= 0.3 is 0 Å². The van der Waals surface area contributed by atoms with Crippen LogP contribution in [0.2, 0.25) is 0 Å². The van der Waals surface area contributed by atoms with Crippen LogP contribution in [0.5, 0.6) is 0 Å². The lowest BCUT2D eigenvalue weighted by molar-refractivity contribution is 0.240. The van der Waals surface area contributed by atoms with Crippen LogP contribution < -0.4 is 10.2 Å². The van der Waals surface area contributed by atoms with E-state index in [4.69, 9.17) is 0 Å². The van der Waals surface area contributed by atoms with E-state index in [1.54, 1.807) is 0 Å². The molecule has 20 heavy (non-hydrogen) atoms. The van der Waals surface area contributed by atoms with Gasteiger partial charge in [0.05, 0.1) is 12.6 Å². The molecular weight excluding hydrogens is 316 g/mol. The molecule has 2 N–H and O–H groups in total. The Kier molecular flexibility index (Phi) is 4.64. The molecular formula is C16H23BrN2O. The fourth-order valence-corrected chi connectivity index (χ4v) is 3.35. The smallest absolute Gasteiger partial charge is 0.0635 e. The first-order chi connectivity index (χ1) is 9.78. The Hall–Kier alpha value is -0.580. The molecule has 1 saturated carbocycles. The summed E-state index contributed by atoms with van der Waals surface area (Å²) in [6, 6.07) is 7.53. The fourth-order valence-electron chi connectivity index (χ4n) is 3.00. The first kappa shape index (κ1) is 14.4. The summed E-state index contributed by atoms with van der Waals surface area (Å²) in [6.07, 6.45) is 6.17. The van der Waals surface area contributed by atoms with E-state index in [-0.39, 0.29) is 12.6 Å². The van der Waals surface area contributed by atoms with Crippen molar-refractivity contribution in [2.75, 3.05) is 18.1 Å². The minimum atomic E-state index is 0.252. The fraction of sp³-hybridized carbons (Fsp3) is 0.625. The molecule has 0 aromatic heterocycles. The van der Waals surface area contributed by atoms with E-state index < -0.39 is 0 Å². The molecule has 0 bridgehead atoms. The Labute approximate surface area is 129 Å². The van der Waals surface area contributed by atoms with Gasteiger partial charge in [-0.25, -0.2) is 0 Å².